The van der Waals surface area contributed by atoms with Gasteiger partial charge < -0.3 is 14.5 Å². The van der Waals surface area contributed by atoms with Crippen LogP contribution in [0.15, 0.2) is 34.3 Å². The highest BCUT2D eigenvalue weighted by Gasteiger charge is 2.20. The van der Waals surface area contributed by atoms with Gasteiger partial charge in [-0.15, -0.1) is 11.3 Å². The van der Waals surface area contributed by atoms with Gasteiger partial charge in [-0.1, -0.05) is 6.07 Å². The summed E-state index contributed by atoms with van der Waals surface area (Å²) in [6.07, 6.45) is 4.36. The molecule has 0 unspecified atom stereocenters. The van der Waals surface area contributed by atoms with Gasteiger partial charge in [0.05, 0.1) is 12.9 Å². The lowest BCUT2D eigenvalue weighted by Crippen LogP contribution is -2.15. The highest BCUT2D eigenvalue weighted by Crippen LogP contribution is 2.21. The van der Waals surface area contributed by atoms with Crippen LogP contribution >= 0.6 is 11.3 Å². The standard InChI is InChI=1S/C14H17NO2S/c1-2-13(18-7-1)9-16-10-14-11(5-6-17-14)8-15-12-3-4-12/h1-2,5-7,12,15H,3-4,8-10H2. The molecule has 0 spiro atoms. The Bertz CT molecular complexity index is 474. The molecule has 3 nitrogen and oxygen atoms in total. The zero-order valence-corrected chi connectivity index (χ0v) is 11.0. The number of thiophene rings is 1. The largest absolute Gasteiger partial charge is 0.467 e. The molecule has 3 rings (SSSR count). The third-order valence-electron chi connectivity index (χ3n) is 3.05. The first kappa shape index (κ1) is 12.0. The summed E-state index contributed by atoms with van der Waals surface area (Å²) >= 11 is 1.72. The molecule has 0 aliphatic heterocycles. The molecule has 2 aromatic rings. The van der Waals surface area contributed by atoms with Crippen LogP contribution in [0, 0.1) is 0 Å². The van der Waals surface area contributed by atoms with E-state index in [0.29, 0.717) is 13.2 Å². The zero-order chi connectivity index (χ0) is 12.2. The van der Waals surface area contributed by atoms with E-state index >= 15 is 0 Å². The van der Waals surface area contributed by atoms with E-state index in [1.165, 1.54) is 23.3 Å². The van der Waals surface area contributed by atoms with Crippen LogP contribution in [0.5, 0.6) is 0 Å². The molecule has 0 bridgehead atoms. The average molecular weight is 263 g/mol. The summed E-state index contributed by atoms with van der Waals surface area (Å²) in [5, 5.41) is 5.56. The van der Waals surface area contributed by atoms with Crippen molar-refractivity contribution in [2.24, 2.45) is 0 Å². The quantitative estimate of drug-likeness (QED) is 0.832. The molecule has 0 atom stereocenters. The number of furan rings is 1. The predicted molar refractivity (Wildman–Crippen MR) is 71.4 cm³/mol. The molecule has 18 heavy (non-hydrogen) atoms. The van der Waals surface area contributed by atoms with Gasteiger partial charge in [0.1, 0.15) is 12.4 Å². The molecule has 1 N–H and O–H groups in total. The van der Waals surface area contributed by atoms with E-state index in [0.717, 1.165) is 18.3 Å². The molecule has 1 aliphatic rings. The summed E-state index contributed by atoms with van der Waals surface area (Å²) in [6.45, 7) is 2.10. The van der Waals surface area contributed by atoms with Gasteiger partial charge in [-0.3, -0.25) is 0 Å². The summed E-state index contributed by atoms with van der Waals surface area (Å²) in [4.78, 5) is 1.25. The summed E-state index contributed by atoms with van der Waals surface area (Å²) in [5.74, 6) is 0.944. The Morgan fingerprint density at radius 2 is 2.28 bits per heavy atom. The second-order valence-corrected chi connectivity index (χ2v) is 5.63. The Hall–Kier alpha value is -1.10. The van der Waals surface area contributed by atoms with Crippen molar-refractivity contribution < 1.29 is 9.15 Å². The van der Waals surface area contributed by atoms with Crippen molar-refractivity contribution in [3.05, 3.63) is 46.0 Å². The van der Waals surface area contributed by atoms with Gasteiger partial charge in [0.15, 0.2) is 0 Å². The average Bonchev–Trinajstić information content (AvgIpc) is 2.89. The molecule has 0 aromatic carbocycles. The molecule has 1 aliphatic carbocycles. The summed E-state index contributed by atoms with van der Waals surface area (Å²) < 4.78 is 11.1. The van der Waals surface area contributed by atoms with Crippen LogP contribution in [0.25, 0.3) is 0 Å². The van der Waals surface area contributed by atoms with Gasteiger partial charge in [-0.05, 0) is 30.4 Å². The molecule has 0 saturated heterocycles. The van der Waals surface area contributed by atoms with Crippen molar-refractivity contribution in [1.82, 2.24) is 5.32 Å². The van der Waals surface area contributed by atoms with Crippen molar-refractivity contribution in [3.8, 4) is 0 Å². The van der Waals surface area contributed by atoms with E-state index < -0.39 is 0 Å². The normalized spacial score (nSPS) is 15.1. The molecule has 0 amide bonds. The Labute approximate surface area is 111 Å². The fraction of sp³-hybridized carbons (Fsp3) is 0.429. The van der Waals surface area contributed by atoms with E-state index in [2.05, 4.69) is 16.8 Å². The van der Waals surface area contributed by atoms with Crippen LogP contribution < -0.4 is 5.32 Å². The number of ether oxygens (including phenoxy) is 1. The maximum Gasteiger partial charge on any atom is 0.133 e. The lowest BCUT2D eigenvalue weighted by atomic mass is 10.2. The Balaban J connectivity index is 1.47. The van der Waals surface area contributed by atoms with Crippen LogP contribution in [0.1, 0.15) is 29.0 Å². The second-order valence-electron chi connectivity index (χ2n) is 4.60. The van der Waals surface area contributed by atoms with Crippen molar-refractivity contribution in [3.63, 3.8) is 0 Å². The first-order valence-corrected chi connectivity index (χ1v) is 7.18. The summed E-state index contributed by atoms with van der Waals surface area (Å²) in [7, 11) is 0. The van der Waals surface area contributed by atoms with Crippen LogP contribution in [-0.4, -0.2) is 6.04 Å². The van der Waals surface area contributed by atoms with Crippen LogP contribution in [0.4, 0.5) is 0 Å². The minimum Gasteiger partial charge on any atom is -0.467 e. The third kappa shape index (κ3) is 3.22. The molecule has 0 radical (unpaired) electrons. The number of hydrogen-bond acceptors (Lipinski definition) is 4. The van der Waals surface area contributed by atoms with Gasteiger partial charge in [0, 0.05) is 23.0 Å². The zero-order valence-electron chi connectivity index (χ0n) is 10.2. The summed E-state index contributed by atoms with van der Waals surface area (Å²) in [5.41, 5.74) is 1.22. The fourth-order valence-electron chi connectivity index (χ4n) is 1.83. The van der Waals surface area contributed by atoms with E-state index in [4.69, 9.17) is 9.15 Å². The third-order valence-corrected chi connectivity index (χ3v) is 3.90. The van der Waals surface area contributed by atoms with E-state index in [1.807, 2.05) is 12.1 Å². The van der Waals surface area contributed by atoms with Crippen molar-refractivity contribution in [2.45, 2.75) is 38.6 Å². The number of rotatable bonds is 7. The van der Waals surface area contributed by atoms with Crippen LogP contribution in [-0.2, 0) is 24.5 Å². The fourth-order valence-corrected chi connectivity index (χ4v) is 2.47. The van der Waals surface area contributed by atoms with Crippen LogP contribution in [0.3, 0.4) is 0 Å². The molecule has 96 valence electrons. The first-order valence-electron chi connectivity index (χ1n) is 6.30. The Morgan fingerprint density at radius 1 is 1.33 bits per heavy atom. The molecule has 1 saturated carbocycles. The molecule has 2 heterocycles. The summed E-state index contributed by atoms with van der Waals surface area (Å²) in [6, 6.07) is 6.88. The molecular formula is C14H17NO2S. The first-order chi connectivity index (χ1) is 8.92. The van der Waals surface area contributed by atoms with Crippen molar-refractivity contribution in [1.29, 1.82) is 0 Å². The van der Waals surface area contributed by atoms with Crippen molar-refractivity contribution >= 4 is 11.3 Å². The Morgan fingerprint density at radius 3 is 3.06 bits per heavy atom. The number of nitrogens with one attached hydrogen (secondary N) is 1. The Kier molecular flexibility index (Phi) is 3.78. The van der Waals surface area contributed by atoms with Crippen molar-refractivity contribution in [2.75, 3.05) is 0 Å². The molecular weight excluding hydrogens is 246 g/mol. The SMILES string of the molecule is c1csc(COCc2occc2CNC2CC2)c1. The van der Waals surface area contributed by atoms with E-state index in [-0.39, 0.29) is 0 Å². The van der Waals surface area contributed by atoms with Gasteiger partial charge in [-0.2, -0.15) is 0 Å². The smallest absolute Gasteiger partial charge is 0.133 e. The van der Waals surface area contributed by atoms with E-state index in [9.17, 15) is 0 Å². The van der Waals surface area contributed by atoms with Gasteiger partial charge in [0.2, 0.25) is 0 Å². The molecule has 1 fully saturated rings. The highest BCUT2D eigenvalue weighted by molar-refractivity contribution is 7.09. The van der Waals surface area contributed by atoms with Gasteiger partial charge in [0.25, 0.3) is 0 Å². The lowest BCUT2D eigenvalue weighted by molar-refractivity contribution is 0.0940. The maximum absolute atomic E-state index is 5.67. The number of hydrogen-bond donors (Lipinski definition) is 1. The highest BCUT2D eigenvalue weighted by atomic mass is 32.1. The topological polar surface area (TPSA) is 34.4 Å². The maximum atomic E-state index is 5.67. The molecule has 2 aromatic heterocycles. The van der Waals surface area contributed by atoms with Gasteiger partial charge >= 0.3 is 0 Å². The van der Waals surface area contributed by atoms with Crippen LogP contribution in [0.2, 0.25) is 0 Å². The van der Waals surface area contributed by atoms with Gasteiger partial charge in [-0.25, -0.2) is 0 Å². The minimum absolute atomic E-state index is 0.548. The second kappa shape index (κ2) is 5.69. The lowest BCUT2D eigenvalue weighted by Gasteiger charge is -2.04. The van der Waals surface area contributed by atoms with E-state index in [1.54, 1.807) is 17.6 Å². The predicted octanol–water partition coefficient (Wildman–Crippen LogP) is 3.31. The monoisotopic (exact) mass is 263 g/mol. The molecule has 4 heteroatoms. The minimum atomic E-state index is 0.548.